The number of carbonyl (C=O) groups is 4. The Kier molecular flexibility index (Phi) is 7.97. The van der Waals surface area contributed by atoms with Crippen LogP contribution in [0.3, 0.4) is 0 Å². The van der Waals surface area contributed by atoms with Crippen molar-refractivity contribution in [2.24, 2.45) is 0 Å². The summed E-state index contributed by atoms with van der Waals surface area (Å²) in [6.07, 6.45) is -0.0948. The largest absolute Gasteiger partial charge is 0.497 e. The first-order valence-electron chi connectivity index (χ1n) is 8.20. The molecule has 0 aliphatic rings. The van der Waals surface area contributed by atoms with E-state index in [0.717, 1.165) is 0 Å². The fourth-order valence-electron chi connectivity index (χ4n) is 1.99. The maximum atomic E-state index is 11.7. The van der Waals surface area contributed by atoms with Crippen molar-refractivity contribution in [3.8, 4) is 5.75 Å². The van der Waals surface area contributed by atoms with Gasteiger partial charge in [-0.1, -0.05) is 6.07 Å². The number of hydrogen-bond donors (Lipinski definition) is 3. The van der Waals surface area contributed by atoms with Gasteiger partial charge in [0.05, 0.1) is 18.4 Å². The Morgan fingerprint density at radius 3 is 2.46 bits per heavy atom. The summed E-state index contributed by atoms with van der Waals surface area (Å²) in [4.78, 5) is 47.2. The Balaban J connectivity index is 1.62. The topological polar surface area (TPSA) is 123 Å². The number of rotatable bonds is 8. The number of methoxy groups -OCH3 is 1. The lowest BCUT2D eigenvalue weighted by Gasteiger charge is -2.08. The predicted molar refractivity (Wildman–Crippen MR) is 102 cm³/mol. The van der Waals surface area contributed by atoms with Crippen LogP contribution in [0, 0.1) is 0 Å². The van der Waals surface area contributed by atoms with Gasteiger partial charge in [-0.25, -0.2) is 4.79 Å². The van der Waals surface area contributed by atoms with Crippen molar-refractivity contribution in [2.75, 3.05) is 25.6 Å². The van der Waals surface area contributed by atoms with E-state index in [9.17, 15) is 19.2 Å². The molecule has 0 saturated heterocycles. The number of thiophene rings is 1. The van der Waals surface area contributed by atoms with Crippen molar-refractivity contribution in [3.63, 3.8) is 0 Å². The molecule has 0 aliphatic heterocycles. The zero-order valence-electron chi connectivity index (χ0n) is 15.0. The molecule has 2 aromatic rings. The summed E-state index contributed by atoms with van der Waals surface area (Å²) in [7, 11) is 1.52. The molecule has 0 bridgehead atoms. The van der Waals surface area contributed by atoms with Gasteiger partial charge < -0.3 is 20.1 Å². The highest BCUT2D eigenvalue weighted by Crippen LogP contribution is 2.14. The summed E-state index contributed by atoms with van der Waals surface area (Å²) >= 11 is 1.29. The minimum absolute atomic E-state index is 0.0785. The van der Waals surface area contributed by atoms with E-state index in [1.807, 2.05) is 5.32 Å². The van der Waals surface area contributed by atoms with E-state index in [1.54, 1.807) is 41.8 Å². The smallest absolute Gasteiger partial charge is 0.325 e. The van der Waals surface area contributed by atoms with Gasteiger partial charge in [-0.05, 0) is 35.7 Å². The number of anilines is 1. The molecule has 148 valence electrons. The molecule has 0 saturated carbocycles. The number of nitrogens with one attached hydrogen (secondary N) is 3. The Hall–Kier alpha value is -3.40. The fraction of sp³-hybridized carbons (Fsp3) is 0.222. The molecule has 3 N–H and O–H groups in total. The van der Waals surface area contributed by atoms with Gasteiger partial charge >= 0.3 is 12.0 Å². The Bertz CT molecular complexity index is 820. The highest BCUT2D eigenvalue weighted by Gasteiger charge is 2.12. The molecule has 0 atom stereocenters. The van der Waals surface area contributed by atoms with Gasteiger partial charge in [0.15, 0.2) is 6.61 Å². The Morgan fingerprint density at radius 2 is 1.82 bits per heavy atom. The summed E-state index contributed by atoms with van der Waals surface area (Å²) in [6, 6.07) is 9.17. The zero-order chi connectivity index (χ0) is 20.4. The molecule has 28 heavy (non-hydrogen) atoms. The Morgan fingerprint density at radius 1 is 1.07 bits per heavy atom. The van der Waals surface area contributed by atoms with E-state index in [-0.39, 0.29) is 18.9 Å². The van der Waals surface area contributed by atoms with Crippen molar-refractivity contribution in [1.82, 2.24) is 10.6 Å². The molecule has 9 nitrogen and oxygen atoms in total. The van der Waals surface area contributed by atoms with Crippen molar-refractivity contribution in [1.29, 1.82) is 0 Å². The van der Waals surface area contributed by atoms with Crippen LogP contribution in [-0.4, -0.2) is 44.1 Å². The number of imide groups is 1. The normalized spacial score (nSPS) is 9.89. The van der Waals surface area contributed by atoms with Gasteiger partial charge in [0.2, 0.25) is 0 Å². The first-order chi connectivity index (χ1) is 13.5. The molecule has 10 heteroatoms. The third kappa shape index (κ3) is 7.08. The quantitative estimate of drug-likeness (QED) is 0.575. The second-order valence-corrected chi connectivity index (χ2v) is 6.32. The molecule has 4 amide bonds. The van der Waals surface area contributed by atoms with Crippen LogP contribution in [0.1, 0.15) is 16.1 Å². The van der Waals surface area contributed by atoms with Crippen LogP contribution in [0.25, 0.3) is 0 Å². The lowest BCUT2D eigenvalue weighted by Crippen LogP contribution is -2.37. The molecule has 1 heterocycles. The number of carbonyl (C=O) groups excluding carboxylic acids is 4. The van der Waals surface area contributed by atoms with Crippen LogP contribution < -0.4 is 20.7 Å². The summed E-state index contributed by atoms with van der Waals surface area (Å²) in [5, 5.41) is 8.84. The lowest BCUT2D eigenvalue weighted by atomic mass is 10.3. The SMILES string of the molecule is COc1ccc(NC(=O)NC(=O)COC(=O)CCNC(=O)c2cccs2)cc1. The van der Waals surface area contributed by atoms with Crippen molar-refractivity contribution < 1.29 is 28.7 Å². The van der Waals surface area contributed by atoms with Crippen LogP contribution in [-0.2, 0) is 14.3 Å². The average molecular weight is 405 g/mol. The third-order valence-electron chi connectivity index (χ3n) is 3.32. The second-order valence-electron chi connectivity index (χ2n) is 5.37. The summed E-state index contributed by atoms with van der Waals surface area (Å²) in [5.74, 6) is -1.10. The van der Waals surface area contributed by atoms with Gasteiger partial charge in [-0.15, -0.1) is 11.3 Å². The summed E-state index contributed by atoms with van der Waals surface area (Å²) in [5.41, 5.74) is 0.463. The van der Waals surface area contributed by atoms with Gasteiger partial charge in [0.25, 0.3) is 11.8 Å². The van der Waals surface area contributed by atoms with Crippen molar-refractivity contribution >= 4 is 40.8 Å². The number of amides is 4. The van der Waals surface area contributed by atoms with Gasteiger partial charge in [-0.2, -0.15) is 0 Å². The maximum absolute atomic E-state index is 11.7. The number of hydrogen-bond acceptors (Lipinski definition) is 7. The summed E-state index contributed by atoms with van der Waals surface area (Å²) in [6.45, 7) is -0.525. The van der Waals surface area contributed by atoms with E-state index in [2.05, 4.69) is 10.6 Å². The molecular weight excluding hydrogens is 386 g/mol. The lowest BCUT2D eigenvalue weighted by molar-refractivity contribution is -0.148. The average Bonchev–Trinajstić information content (AvgIpc) is 3.22. The monoisotopic (exact) mass is 405 g/mol. The molecule has 1 aromatic heterocycles. The van der Waals surface area contributed by atoms with Gasteiger partial charge in [0.1, 0.15) is 5.75 Å². The first kappa shape index (κ1) is 20.9. The first-order valence-corrected chi connectivity index (χ1v) is 9.08. The molecule has 2 rings (SSSR count). The molecule has 0 spiro atoms. The maximum Gasteiger partial charge on any atom is 0.325 e. The van der Waals surface area contributed by atoms with Crippen molar-refractivity contribution in [2.45, 2.75) is 6.42 Å². The van der Waals surface area contributed by atoms with E-state index in [1.165, 1.54) is 18.4 Å². The molecule has 0 fully saturated rings. The molecule has 0 radical (unpaired) electrons. The highest BCUT2D eigenvalue weighted by atomic mass is 32.1. The Labute approximate surface area is 165 Å². The minimum atomic E-state index is -0.776. The molecule has 0 unspecified atom stereocenters. The van der Waals surface area contributed by atoms with E-state index < -0.39 is 24.5 Å². The van der Waals surface area contributed by atoms with Crippen LogP contribution in [0.15, 0.2) is 41.8 Å². The molecular formula is C18H19N3O6S. The predicted octanol–water partition coefficient (Wildman–Crippen LogP) is 1.77. The van der Waals surface area contributed by atoms with Crippen LogP contribution in [0.5, 0.6) is 5.75 Å². The van der Waals surface area contributed by atoms with E-state index in [4.69, 9.17) is 9.47 Å². The summed E-state index contributed by atoms with van der Waals surface area (Å²) < 4.78 is 9.76. The highest BCUT2D eigenvalue weighted by molar-refractivity contribution is 7.12. The minimum Gasteiger partial charge on any atom is -0.497 e. The van der Waals surface area contributed by atoms with Crippen LogP contribution in [0.4, 0.5) is 10.5 Å². The van der Waals surface area contributed by atoms with E-state index >= 15 is 0 Å². The second kappa shape index (κ2) is 10.7. The number of benzene rings is 1. The standard InChI is InChI=1S/C18H19N3O6S/c1-26-13-6-4-12(5-7-13)20-18(25)21-15(22)11-27-16(23)8-9-19-17(24)14-3-2-10-28-14/h2-7,10H,8-9,11H2,1H3,(H,19,24)(H2,20,21,22,25). The van der Waals surface area contributed by atoms with Crippen molar-refractivity contribution in [3.05, 3.63) is 46.7 Å². The van der Waals surface area contributed by atoms with Gasteiger partial charge in [-0.3, -0.25) is 19.7 Å². The fourth-order valence-corrected chi connectivity index (χ4v) is 2.63. The van der Waals surface area contributed by atoms with Crippen LogP contribution in [0.2, 0.25) is 0 Å². The third-order valence-corrected chi connectivity index (χ3v) is 4.19. The number of ether oxygens (including phenoxy) is 2. The van der Waals surface area contributed by atoms with E-state index in [0.29, 0.717) is 16.3 Å². The number of esters is 1. The zero-order valence-corrected chi connectivity index (χ0v) is 15.8. The van der Waals surface area contributed by atoms with Gasteiger partial charge in [0, 0.05) is 12.2 Å². The number of urea groups is 1. The van der Waals surface area contributed by atoms with Crippen LogP contribution >= 0.6 is 11.3 Å². The molecule has 1 aromatic carbocycles. The molecule has 0 aliphatic carbocycles.